The highest BCUT2D eigenvalue weighted by Gasteiger charge is 2.55. The molecule has 4 rings (SSSR count). The van der Waals surface area contributed by atoms with Crippen molar-refractivity contribution >= 4 is 51.9 Å². The second kappa shape index (κ2) is 8.91. The van der Waals surface area contributed by atoms with E-state index < -0.39 is 29.2 Å². The van der Waals surface area contributed by atoms with Crippen molar-refractivity contribution in [2.75, 3.05) is 31.7 Å². The van der Waals surface area contributed by atoms with Gasteiger partial charge in [-0.3, -0.25) is 14.5 Å². The molecule has 1 aromatic heterocycles. The van der Waals surface area contributed by atoms with Gasteiger partial charge in [-0.2, -0.15) is 9.36 Å². The molecule has 33 heavy (non-hydrogen) atoms. The van der Waals surface area contributed by atoms with E-state index in [4.69, 9.17) is 10.6 Å². The summed E-state index contributed by atoms with van der Waals surface area (Å²) in [5, 5.41) is 15.8. The van der Waals surface area contributed by atoms with Crippen LogP contribution in [0.5, 0.6) is 0 Å². The van der Waals surface area contributed by atoms with Gasteiger partial charge in [-0.25, -0.2) is 4.79 Å². The van der Waals surface area contributed by atoms with Crippen LogP contribution in [-0.2, 0) is 19.2 Å². The molecule has 178 valence electrons. The Balaban J connectivity index is 1.51. The molecule has 14 heteroatoms. The summed E-state index contributed by atoms with van der Waals surface area (Å²) in [6.07, 6.45) is 2.17. The smallest absolute Gasteiger partial charge is 0.352 e. The molecule has 12 nitrogen and oxygen atoms in total. The van der Waals surface area contributed by atoms with Crippen LogP contribution in [0.4, 0.5) is 5.13 Å². The number of carboxylic acids is 1. The lowest BCUT2D eigenvalue weighted by molar-refractivity contribution is -0.930. The maximum Gasteiger partial charge on any atom is 0.352 e. The number of aliphatic carboxylic acids is 1. The molecule has 2 fully saturated rings. The molecule has 0 aliphatic carbocycles. The molecule has 0 spiro atoms. The summed E-state index contributed by atoms with van der Waals surface area (Å²) in [6.45, 7) is 5.91. The van der Waals surface area contributed by atoms with E-state index in [1.807, 2.05) is 0 Å². The van der Waals surface area contributed by atoms with Gasteiger partial charge in [0.2, 0.25) is 11.5 Å². The average molecular weight is 497 g/mol. The molecule has 0 saturated carbocycles. The Kier molecular flexibility index (Phi) is 6.33. The fraction of sp³-hybridized carbons (Fsp3) is 0.579. The highest BCUT2D eigenvalue weighted by Crippen LogP contribution is 2.40. The first-order valence-electron chi connectivity index (χ1n) is 10.4. The number of nitrogen functional groups attached to an aromatic ring is 1. The van der Waals surface area contributed by atoms with Gasteiger partial charge >= 0.3 is 5.97 Å². The number of nitrogens with two attached hydrogens (primary N) is 1. The maximum atomic E-state index is 13.0. The lowest BCUT2D eigenvalue weighted by atomic mass is 10.00. The van der Waals surface area contributed by atoms with E-state index in [2.05, 4.69) is 33.7 Å². The fourth-order valence-corrected chi connectivity index (χ4v) is 6.26. The summed E-state index contributed by atoms with van der Waals surface area (Å²) in [5.41, 5.74) is 6.21. The summed E-state index contributed by atoms with van der Waals surface area (Å²) < 4.78 is 3.96. The number of aromatic nitrogens is 2. The summed E-state index contributed by atoms with van der Waals surface area (Å²) in [5.74, 6) is -1.85. The van der Waals surface area contributed by atoms with Gasteiger partial charge in [-0.05, 0) is 13.8 Å². The Morgan fingerprint density at radius 2 is 2.21 bits per heavy atom. The average Bonchev–Trinajstić information content (AvgIpc) is 3.33. The number of carbonyl (C=O) groups excluding carboxylic acids is 2. The second-order valence-corrected chi connectivity index (χ2v) is 10.6. The molecule has 0 aromatic carbocycles. The van der Waals surface area contributed by atoms with Crippen molar-refractivity contribution in [1.82, 2.24) is 19.6 Å². The van der Waals surface area contributed by atoms with E-state index in [1.54, 1.807) is 0 Å². The van der Waals surface area contributed by atoms with Gasteiger partial charge in [0.25, 0.3) is 11.8 Å². The van der Waals surface area contributed by atoms with E-state index in [1.165, 1.54) is 28.7 Å². The van der Waals surface area contributed by atoms with Crippen molar-refractivity contribution in [2.24, 2.45) is 5.16 Å². The van der Waals surface area contributed by atoms with Gasteiger partial charge in [0.15, 0.2) is 5.13 Å². The first-order chi connectivity index (χ1) is 15.6. The zero-order chi connectivity index (χ0) is 23.9. The maximum absolute atomic E-state index is 13.0. The third kappa shape index (κ3) is 4.29. The molecule has 5 N–H and O–H groups in total. The van der Waals surface area contributed by atoms with Gasteiger partial charge in [-0.15, -0.1) is 11.8 Å². The molecular formula is C19H26N7O5S2+. The van der Waals surface area contributed by atoms with E-state index in [0.29, 0.717) is 12.3 Å². The zero-order valence-corrected chi connectivity index (χ0v) is 20.1. The Morgan fingerprint density at radius 3 is 2.79 bits per heavy atom. The van der Waals surface area contributed by atoms with Crippen molar-refractivity contribution in [2.45, 2.75) is 43.6 Å². The third-order valence-electron chi connectivity index (χ3n) is 6.25. The van der Waals surface area contributed by atoms with Gasteiger partial charge in [0.1, 0.15) is 30.8 Å². The lowest BCUT2D eigenvalue weighted by Crippen LogP contribution is -3.17. The van der Waals surface area contributed by atoms with Crippen LogP contribution in [0.3, 0.4) is 0 Å². The standard InChI is InChI=1S/C19H25N7O5S2/c1-19(2)5-4-6-25(19)7-9-8-32-16-11(15(28)26(16)12(9)17(29)30)21-14(27)10(23-31-3)13-22-18(20)33-24-13/h11,16H,4-8H2,1-3H3,(H,21,27)(H,29,30)(H2,20,22,24)/p+1/t11-,16+/m1/s1. The van der Waals surface area contributed by atoms with Crippen LogP contribution in [0, 0.1) is 0 Å². The fourth-order valence-electron chi connectivity index (χ4n) is 4.48. The Labute approximate surface area is 198 Å². The highest BCUT2D eigenvalue weighted by atomic mass is 32.2. The number of likely N-dealkylation sites (tertiary alicyclic amines) is 1. The summed E-state index contributed by atoms with van der Waals surface area (Å²) in [7, 11) is 1.27. The number of carboxylic acid groups (broad SMARTS) is 1. The van der Waals surface area contributed by atoms with Crippen molar-refractivity contribution < 1.29 is 29.2 Å². The number of fused-ring (bicyclic) bond motifs is 1. The molecule has 0 bridgehead atoms. The highest BCUT2D eigenvalue weighted by molar-refractivity contribution is 8.00. The van der Waals surface area contributed by atoms with Crippen LogP contribution in [0.25, 0.3) is 0 Å². The lowest BCUT2D eigenvalue weighted by Gasteiger charge is -2.49. The number of rotatable bonds is 7. The molecule has 0 radical (unpaired) electrons. The number of hydrogen-bond acceptors (Lipinski definition) is 10. The predicted molar refractivity (Wildman–Crippen MR) is 122 cm³/mol. The molecule has 2 amide bonds. The topological polar surface area (TPSA) is 165 Å². The number of amides is 2. The number of β-lactam (4-membered cyclic amide) rings is 1. The molecule has 3 aliphatic heterocycles. The summed E-state index contributed by atoms with van der Waals surface area (Å²) >= 11 is 2.34. The molecular weight excluding hydrogens is 470 g/mol. The SMILES string of the molecule is CON=C(C(=O)N[C@@H]1C(=O)N2C(C(=O)O)=C(C[NH+]3CCCC3(C)C)CS[C@@H]12)c1nsc(N)n1. The van der Waals surface area contributed by atoms with Crippen LogP contribution in [0.1, 0.15) is 32.5 Å². The van der Waals surface area contributed by atoms with E-state index in [9.17, 15) is 19.5 Å². The minimum Gasteiger partial charge on any atom is -0.477 e. The molecule has 4 heterocycles. The van der Waals surface area contributed by atoms with Gasteiger partial charge in [0.05, 0.1) is 12.1 Å². The molecule has 1 aromatic rings. The molecule has 3 aliphatic rings. The number of nitrogens with one attached hydrogen (secondary N) is 2. The number of anilines is 1. The quantitative estimate of drug-likeness (QED) is 0.203. The van der Waals surface area contributed by atoms with Crippen LogP contribution in [-0.4, -0.2) is 85.8 Å². The number of hydrogen-bond donors (Lipinski definition) is 4. The monoisotopic (exact) mass is 496 g/mol. The van der Waals surface area contributed by atoms with Crippen molar-refractivity contribution in [3.05, 3.63) is 17.1 Å². The number of thioether (sulfide) groups is 1. The third-order valence-corrected chi connectivity index (χ3v) is 8.13. The van der Waals surface area contributed by atoms with Gasteiger partial charge < -0.3 is 25.9 Å². The van der Waals surface area contributed by atoms with E-state index in [0.717, 1.165) is 36.5 Å². The molecule has 2 saturated heterocycles. The van der Waals surface area contributed by atoms with E-state index >= 15 is 0 Å². The number of quaternary nitrogens is 1. The normalized spacial score (nSPS) is 26.6. The summed E-state index contributed by atoms with van der Waals surface area (Å²) in [6, 6.07) is -0.896. The van der Waals surface area contributed by atoms with Gasteiger partial charge in [0, 0.05) is 35.7 Å². The largest absolute Gasteiger partial charge is 0.477 e. The Bertz CT molecular complexity index is 1050. The number of oxime groups is 1. The Morgan fingerprint density at radius 1 is 1.45 bits per heavy atom. The first-order valence-corrected chi connectivity index (χ1v) is 12.2. The van der Waals surface area contributed by atoms with Gasteiger partial charge in [-0.1, -0.05) is 5.16 Å². The van der Waals surface area contributed by atoms with Crippen molar-refractivity contribution in [3.8, 4) is 0 Å². The van der Waals surface area contributed by atoms with Crippen LogP contribution < -0.4 is 16.0 Å². The molecule has 3 atom stereocenters. The zero-order valence-electron chi connectivity index (χ0n) is 18.5. The van der Waals surface area contributed by atoms with E-state index in [-0.39, 0.29) is 27.9 Å². The second-order valence-electron chi connectivity index (χ2n) is 8.71. The number of carbonyl (C=O) groups is 3. The van der Waals surface area contributed by atoms with Crippen LogP contribution >= 0.6 is 23.3 Å². The predicted octanol–water partition coefficient (Wildman–Crippen LogP) is -1.33. The number of nitrogens with zero attached hydrogens (tertiary/aromatic N) is 4. The summed E-state index contributed by atoms with van der Waals surface area (Å²) in [4.78, 5) is 49.1. The van der Waals surface area contributed by atoms with Crippen molar-refractivity contribution in [1.29, 1.82) is 0 Å². The first kappa shape index (κ1) is 23.4. The van der Waals surface area contributed by atoms with Crippen LogP contribution in [0.2, 0.25) is 0 Å². The minimum atomic E-state index is -1.13. The Hall–Kier alpha value is -2.71. The minimum absolute atomic E-state index is 0.0126. The van der Waals surface area contributed by atoms with Crippen LogP contribution in [0.15, 0.2) is 16.4 Å². The van der Waals surface area contributed by atoms with Crippen molar-refractivity contribution in [3.63, 3.8) is 0 Å². The molecule has 1 unspecified atom stereocenters.